The van der Waals surface area contributed by atoms with Crippen molar-refractivity contribution in [3.63, 3.8) is 0 Å². The Morgan fingerprint density at radius 2 is 2.33 bits per heavy atom. The molecule has 0 aromatic heterocycles. The van der Waals surface area contributed by atoms with E-state index < -0.39 is 0 Å². The average Bonchev–Trinajstić information content (AvgIpc) is 2.43. The van der Waals surface area contributed by atoms with Gasteiger partial charge >= 0.3 is 0 Å². The summed E-state index contributed by atoms with van der Waals surface area (Å²) in [6.07, 6.45) is 3.83. The third-order valence-corrected chi connectivity index (χ3v) is 4.68. The highest BCUT2D eigenvalue weighted by Gasteiger charge is 2.37. The van der Waals surface area contributed by atoms with E-state index in [0.29, 0.717) is 0 Å². The molecule has 0 aromatic carbocycles. The Kier molecular flexibility index (Phi) is 7.70. The van der Waals surface area contributed by atoms with Crippen LogP contribution in [0.25, 0.3) is 0 Å². The Labute approximate surface area is 114 Å². The van der Waals surface area contributed by atoms with Crippen LogP contribution in [-0.4, -0.2) is 48.8 Å². The summed E-state index contributed by atoms with van der Waals surface area (Å²) >= 11 is 1.78. The molecular weight excluding hydrogens is 248 g/mol. The lowest BCUT2D eigenvalue weighted by atomic mass is 9.77. The summed E-state index contributed by atoms with van der Waals surface area (Å²) in [5.41, 5.74) is -0.186. The molecule has 1 amide bonds. The zero-order valence-corrected chi connectivity index (χ0v) is 12.2. The fourth-order valence-corrected chi connectivity index (χ4v) is 3.10. The molecule has 4 nitrogen and oxygen atoms in total. The van der Waals surface area contributed by atoms with Crippen molar-refractivity contribution in [1.82, 2.24) is 10.6 Å². The number of amides is 1. The van der Waals surface area contributed by atoms with Gasteiger partial charge in [-0.3, -0.25) is 4.79 Å². The molecule has 3 N–H and O–H groups in total. The van der Waals surface area contributed by atoms with Gasteiger partial charge in [0.05, 0.1) is 5.41 Å². The van der Waals surface area contributed by atoms with Gasteiger partial charge in [0, 0.05) is 25.4 Å². The van der Waals surface area contributed by atoms with E-state index in [0.717, 1.165) is 56.8 Å². The minimum absolute atomic E-state index is 0.186. The molecule has 1 aliphatic heterocycles. The number of hydrogen-bond donors (Lipinski definition) is 3. The summed E-state index contributed by atoms with van der Waals surface area (Å²) in [5, 5.41) is 15.0. The topological polar surface area (TPSA) is 61.4 Å². The van der Waals surface area contributed by atoms with Crippen molar-refractivity contribution in [1.29, 1.82) is 0 Å². The number of thioether (sulfide) groups is 1. The fraction of sp³-hybridized carbons (Fsp3) is 0.923. The van der Waals surface area contributed by atoms with E-state index in [1.165, 1.54) is 0 Å². The van der Waals surface area contributed by atoms with E-state index in [2.05, 4.69) is 17.6 Å². The minimum Gasteiger partial charge on any atom is -0.396 e. The number of piperidine rings is 1. The standard InChI is InChI=1S/C13H26N2O2S/c1-2-13(5-3-6-14-11-13)12(17)15-7-10-18-9-4-8-16/h14,16H,2-11H2,1H3,(H,15,17). The first kappa shape index (κ1) is 15.8. The van der Waals surface area contributed by atoms with Crippen LogP contribution in [0.1, 0.15) is 32.6 Å². The number of rotatable bonds is 8. The quantitative estimate of drug-likeness (QED) is 0.578. The molecule has 0 spiro atoms. The van der Waals surface area contributed by atoms with Crippen LogP contribution in [0.15, 0.2) is 0 Å². The van der Waals surface area contributed by atoms with E-state index in [9.17, 15) is 4.79 Å². The maximum Gasteiger partial charge on any atom is 0.227 e. The number of carbonyl (C=O) groups is 1. The van der Waals surface area contributed by atoms with Crippen LogP contribution < -0.4 is 10.6 Å². The monoisotopic (exact) mass is 274 g/mol. The van der Waals surface area contributed by atoms with Crippen LogP contribution in [0.4, 0.5) is 0 Å². The van der Waals surface area contributed by atoms with Gasteiger partial charge in [0.2, 0.25) is 5.91 Å². The lowest BCUT2D eigenvalue weighted by molar-refractivity contribution is -0.132. The Hall–Kier alpha value is -0.260. The van der Waals surface area contributed by atoms with Crippen LogP contribution >= 0.6 is 11.8 Å². The first-order valence-electron chi connectivity index (χ1n) is 6.93. The number of hydrogen-bond acceptors (Lipinski definition) is 4. The Balaban J connectivity index is 2.21. The molecular formula is C13H26N2O2S. The SMILES string of the molecule is CCC1(C(=O)NCCSCCCO)CCCNC1. The van der Waals surface area contributed by atoms with Crippen LogP contribution in [0.5, 0.6) is 0 Å². The van der Waals surface area contributed by atoms with Crippen LogP contribution in [0.3, 0.4) is 0 Å². The van der Waals surface area contributed by atoms with Gasteiger partial charge in [-0.1, -0.05) is 6.92 Å². The molecule has 1 unspecified atom stereocenters. The molecule has 0 aliphatic carbocycles. The predicted molar refractivity (Wildman–Crippen MR) is 76.9 cm³/mol. The number of aliphatic hydroxyl groups excluding tert-OH is 1. The van der Waals surface area contributed by atoms with Crippen LogP contribution in [0.2, 0.25) is 0 Å². The highest BCUT2D eigenvalue weighted by Crippen LogP contribution is 2.30. The van der Waals surface area contributed by atoms with Crippen molar-refractivity contribution in [2.24, 2.45) is 5.41 Å². The molecule has 5 heteroatoms. The molecule has 0 saturated carbocycles. The van der Waals surface area contributed by atoms with E-state index in [1.807, 2.05) is 0 Å². The summed E-state index contributed by atoms with van der Waals surface area (Å²) in [7, 11) is 0. The Morgan fingerprint density at radius 1 is 1.50 bits per heavy atom. The molecule has 1 aliphatic rings. The largest absolute Gasteiger partial charge is 0.396 e. The molecule has 0 aromatic rings. The van der Waals surface area contributed by atoms with Gasteiger partial charge in [-0.15, -0.1) is 0 Å². The highest BCUT2D eigenvalue weighted by molar-refractivity contribution is 7.99. The number of aliphatic hydroxyl groups is 1. The summed E-state index contributed by atoms with van der Waals surface area (Å²) < 4.78 is 0. The van der Waals surface area contributed by atoms with Gasteiger partial charge in [0.15, 0.2) is 0 Å². The summed E-state index contributed by atoms with van der Waals surface area (Å²) in [6, 6.07) is 0. The van der Waals surface area contributed by atoms with Gasteiger partial charge in [0.1, 0.15) is 0 Å². The van der Waals surface area contributed by atoms with Crippen molar-refractivity contribution in [2.75, 3.05) is 37.7 Å². The zero-order chi connectivity index (χ0) is 13.3. The molecule has 1 saturated heterocycles. The molecule has 106 valence electrons. The van der Waals surface area contributed by atoms with E-state index in [-0.39, 0.29) is 17.9 Å². The van der Waals surface area contributed by atoms with Gasteiger partial charge in [-0.2, -0.15) is 11.8 Å². The average molecular weight is 274 g/mol. The molecule has 1 fully saturated rings. The second kappa shape index (κ2) is 8.77. The summed E-state index contributed by atoms with van der Waals surface area (Å²) in [6.45, 7) is 4.93. The van der Waals surface area contributed by atoms with Gasteiger partial charge in [-0.25, -0.2) is 0 Å². The molecule has 0 radical (unpaired) electrons. The second-order valence-corrected chi connectivity index (χ2v) is 6.08. The first-order valence-corrected chi connectivity index (χ1v) is 8.08. The smallest absolute Gasteiger partial charge is 0.227 e. The molecule has 1 rings (SSSR count). The zero-order valence-electron chi connectivity index (χ0n) is 11.3. The number of carbonyl (C=O) groups excluding carboxylic acids is 1. The van der Waals surface area contributed by atoms with Gasteiger partial charge in [-0.05, 0) is 38.0 Å². The van der Waals surface area contributed by atoms with Crippen molar-refractivity contribution in [2.45, 2.75) is 32.6 Å². The molecule has 1 heterocycles. The minimum atomic E-state index is -0.186. The maximum atomic E-state index is 12.2. The Morgan fingerprint density at radius 3 is 2.94 bits per heavy atom. The summed E-state index contributed by atoms with van der Waals surface area (Å²) in [5.74, 6) is 2.10. The molecule has 0 bridgehead atoms. The summed E-state index contributed by atoms with van der Waals surface area (Å²) in [4.78, 5) is 12.2. The van der Waals surface area contributed by atoms with E-state index in [1.54, 1.807) is 11.8 Å². The van der Waals surface area contributed by atoms with Gasteiger partial charge in [0.25, 0.3) is 0 Å². The van der Waals surface area contributed by atoms with Crippen molar-refractivity contribution in [3.8, 4) is 0 Å². The van der Waals surface area contributed by atoms with E-state index >= 15 is 0 Å². The van der Waals surface area contributed by atoms with Crippen molar-refractivity contribution < 1.29 is 9.90 Å². The predicted octanol–water partition coefficient (Wildman–Crippen LogP) is 0.998. The first-order chi connectivity index (χ1) is 8.75. The number of nitrogens with one attached hydrogen (secondary N) is 2. The van der Waals surface area contributed by atoms with Crippen molar-refractivity contribution in [3.05, 3.63) is 0 Å². The van der Waals surface area contributed by atoms with E-state index in [4.69, 9.17) is 5.11 Å². The maximum absolute atomic E-state index is 12.2. The molecule has 18 heavy (non-hydrogen) atoms. The second-order valence-electron chi connectivity index (χ2n) is 4.86. The van der Waals surface area contributed by atoms with Crippen molar-refractivity contribution >= 4 is 17.7 Å². The van der Waals surface area contributed by atoms with Crippen LogP contribution in [-0.2, 0) is 4.79 Å². The van der Waals surface area contributed by atoms with Crippen LogP contribution in [0, 0.1) is 5.41 Å². The Bertz CT molecular complexity index is 243. The lowest BCUT2D eigenvalue weighted by Crippen LogP contribution is -2.50. The fourth-order valence-electron chi connectivity index (χ4n) is 2.32. The third kappa shape index (κ3) is 4.78. The lowest BCUT2D eigenvalue weighted by Gasteiger charge is -2.35. The van der Waals surface area contributed by atoms with Gasteiger partial charge < -0.3 is 15.7 Å². The molecule has 1 atom stereocenters. The highest BCUT2D eigenvalue weighted by atomic mass is 32.2. The third-order valence-electron chi connectivity index (χ3n) is 3.61. The normalized spacial score (nSPS) is 23.9.